The molecular weight excluding hydrogens is 178 g/mol. The molecular formula is C10H9N3O. The zero-order chi connectivity index (χ0) is 9.97. The van der Waals surface area contributed by atoms with Crippen LogP contribution in [-0.4, -0.2) is 21.3 Å². The quantitative estimate of drug-likeness (QED) is 0.667. The van der Waals surface area contributed by atoms with Gasteiger partial charge in [0.1, 0.15) is 5.69 Å². The average Bonchev–Trinajstić information content (AvgIpc) is 2.66. The Labute approximate surface area is 81.2 Å². The minimum absolute atomic E-state index is 0.339. The standard InChI is InChI=1S/C10H9N3O/c1-8-3-2-4-10(5-8)13-6-9(7-14)11-12-13/h2-7H,1H3. The van der Waals surface area contributed by atoms with Gasteiger partial charge in [-0.15, -0.1) is 5.10 Å². The number of aldehydes is 1. The van der Waals surface area contributed by atoms with E-state index in [1.807, 2.05) is 31.2 Å². The summed E-state index contributed by atoms with van der Waals surface area (Å²) in [5.41, 5.74) is 2.39. The third-order valence-corrected chi connectivity index (χ3v) is 1.90. The van der Waals surface area contributed by atoms with E-state index in [0.717, 1.165) is 11.3 Å². The molecule has 0 amide bonds. The molecule has 0 fully saturated rings. The first kappa shape index (κ1) is 8.62. The molecule has 0 aliphatic rings. The maximum atomic E-state index is 10.4. The topological polar surface area (TPSA) is 47.8 Å². The zero-order valence-corrected chi connectivity index (χ0v) is 7.71. The van der Waals surface area contributed by atoms with Crippen molar-refractivity contribution < 1.29 is 4.79 Å². The van der Waals surface area contributed by atoms with Crippen LogP contribution in [0.1, 0.15) is 16.1 Å². The minimum atomic E-state index is 0.339. The van der Waals surface area contributed by atoms with Gasteiger partial charge in [0.2, 0.25) is 0 Å². The van der Waals surface area contributed by atoms with Crippen LogP contribution in [0, 0.1) is 6.92 Å². The molecule has 4 heteroatoms. The minimum Gasteiger partial charge on any atom is -0.296 e. The van der Waals surface area contributed by atoms with Gasteiger partial charge in [-0.3, -0.25) is 4.79 Å². The van der Waals surface area contributed by atoms with Crippen molar-refractivity contribution in [2.24, 2.45) is 0 Å². The van der Waals surface area contributed by atoms with Crippen molar-refractivity contribution in [2.75, 3.05) is 0 Å². The first-order chi connectivity index (χ1) is 6.79. The van der Waals surface area contributed by atoms with Gasteiger partial charge in [-0.05, 0) is 24.6 Å². The van der Waals surface area contributed by atoms with Crippen molar-refractivity contribution >= 4 is 6.29 Å². The summed E-state index contributed by atoms with van der Waals surface area (Å²) in [5.74, 6) is 0. The van der Waals surface area contributed by atoms with Crippen LogP contribution in [-0.2, 0) is 0 Å². The summed E-state index contributed by atoms with van der Waals surface area (Å²) in [4.78, 5) is 10.4. The number of rotatable bonds is 2. The van der Waals surface area contributed by atoms with Crippen molar-refractivity contribution in [3.8, 4) is 5.69 Å². The van der Waals surface area contributed by atoms with Crippen molar-refractivity contribution in [2.45, 2.75) is 6.92 Å². The third kappa shape index (κ3) is 1.54. The summed E-state index contributed by atoms with van der Waals surface area (Å²) < 4.78 is 1.58. The van der Waals surface area contributed by atoms with E-state index in [4.69, 9.17) is 0 Å². The average molecular weight is 187 g/mol. The lowest BCUT2D eigenvalue weighted by Crippen LogP contribution is -1.94. The summed E-state index contributed by atoms with van der Waals surface area (Å²) in [7, 11) is 0. The number of aryl methyl sites for hydroxylation is 1. The molecule has 0 unspecified atom stereocenters. The van der Waals surface area contributed by atoms with Crippen LogP contribution in [0.3, 0.4) is 0 Å². The van der Waals surface area contributed by atoms with Crippen LogP contribution in [0.5, 0.6) is 0 Å². The number of aromatic nitrogens is 3. The Balaban J connectivity index is 2.43. The van der Waals surface area contributed by atoms with Crippen LogP contribution in [0.25, 0.3) is 5.69 Å². The number of carbonyl (C=O) groups excluding carboxylic acids is 1. The molecule has 0 aliphatic carbocycles. The largest absolute Gasteiger partial charge is 0.296 e. The summed E-state index contributed by atoms with van der Waals surface area (Å²) >= 11 is 0. The summed E-state index contributed by atoms with van der Waals surface area (Å²) in [5, 5.41) is 7.52. The van der Waals surface area contributed by atoms with Crippen LogP contribution < -0.4 is 0 Å². The first-order valence-corrected chi connectivity index (χ1v) is 4.24. The Kier molecular flexibility index (Phi) is 2.10. The van der Waals surface area contributed by atoms with Gasteiger partial charge in [0.05, 0.1) is 11.9 Å². The Morgan fingerprint density at radius 3 is 2.93 bits per heavy atom. The molecule has 0 spiro atoms. The second kappa shape index (κ2) is 3.41. The van der Waals surface area contributed by atoms with Crippen LogP contribution >= 0.6 is 0 Å². The van der Waals surface area contributed by atoms with Gasteiger partial charge in [0, 0.05) is 0 Å². The predicted molar refractivity (Wildman–Crippen MR) is 51.5 cm³/mol. The van der Waals surface area contributed by atoms with E-state index in [1.54, 1.807) is 10.9 Å². The maximum absolute atomic E-state index is 10.4. The first-order valence-electron chi connectivity index (χ1n) is 4.24. The molecule has 14 heavy (non-hydrogen) atoms. The van der Waals surface area contributed by atoms with Crippen molar-refractivity contribution in [1.82, 2.24) is 15.0 Å². The highest BCUT2D eigenvalue weighted by Crippen LogP contribution is 2.08. The van der Waals surface area contributed by atoms with E-state index in [9.17, 15) is 4.79 Å². The van der Waals surface area contributed by atoms with Crippen LogP contribution in [0.2, 0.25) is 0 Å². The third-order valence-electron chi connectivity index (χ3n) is 1.90. The highest BCUT2D eigenvalue weighted by molar-refractivity contribution is 5.70. The van der Waals surface area contributed by atoms with E-state index in [0.29, 0.717) is 12.0 Å². The molecule has 2 rings (SSSR count). The van der Waals surface area contributed by atoms with Gasteiger partial charge in [0.15, 0.2) is 6.29 Å². The van der Waals surface area contributed by atoms with E-state index >= 15 is 0 Å². The normalized spacial score (nSPS) is 10.1. The number of carbonyl (C=O) groups is 1. The van der Waals surface area contributed by atoms with E-state index in [1.165, 1.54) is 0 Å². The Morgan fingerprint density at radius 2 is 2.29 bits per heavy atom. The van der Waals surface area contributed by atoms with Gasteiger partial charge in [-0.25, -0.2) is 4.68 Å². The van der Waals surface area contributed by atoms with E-state index < -0.39 is 0 Å². The van der Waals surface area contributed by atoms with Gasteiger partial charge >= 0.3 is 0 Å². The highest BCUT2D eigenvalue weighted by atomic mass is 16.1. The lowest BCUT2D eigenvalue weighted by Gasteiger charge is -1.99. The van der Waals surface area contributed by atoms with Gasteiger partial charge in [0.25, 0.3) is 0 Å². The second-order valence-electron chi connectivity index (χ2n) is 3.04. The predicted octanol–water partition coefficient (Wildman–Crippen LogP) is 1.39. The molecule has 0 saturated heterocycles. The SMILES string of the molecule is Cc1cccc(-n2cc(C=O)nn2)c1. The maximum Gasteiger partial charge on any atom is 0.171 e. The van der Waals surface area contributed by atoms with Crippen LogP contribution in [0.4, 0.5) is 0 Å². The fourth-order valence-electron chi connectivity index (χ4n) is 1.23. The van der Waals surface area contributed by atoms with Crippen molar-refractivity contribution in [1.29, 1.82) is 0 Å². The smallest absolute Gasteiger partial charge is 0.171 e. The number of hydrogen-bond donors (Lipinski definition) is 0. The molecule has 1 aromatic carbocycles. The van der Waals surface area contributed by atoms with E-state index in [2.05, 4.69) is 10.3 Å². The van der Waals surface area contributed by atoms with Crippen molar-refractivity contribution in [3.63, 3.8) is 0 Å². The monoisotopic (exact) mass is 187 g/mol. The van der Waals surface area contributed by atoms with Crippen LogP contribution in [0.15, 0.2) is 30.5 Å². The molecule has 1 heterocycles. The molecule has 1 aromatic heterocycles. The summed E-state index contributed by atoms with van der Waals surface area (Å²) in [6.45, 7) is 2.00. The molecule has 0 saturated carbocycles. The Hall–Kier alpha value is -1.97. The molecule has 4 nitrogen and oxygen atoms in total. The zero-order valence-electron chi connectivity index (χ0n) is 7.71. The van der Waals surface area contributed by atoms with Crippen molar-refractivity contribution in [3.05, 3.63) is 41.7 Å². The van der Waals surface area contributed by atoms with Gasteiger partial charge in [-0.2, -0.15) is 0 Å². The molecule has 0 aliphatic heterocycles. The highest BCUT2D eigenvalue weighted by Gasteiger charge is 2.00. The molecule has 0 N–H and O–H groups in total. The number of nitrogens with zero attached hydrogens (tertiary/aromatic N) is 3. The molecule has 0 bridgehead atoms. The number of benzene rings is 1. The fourth-order valence-corrected chi connectivity index (χ4v) is 1.23. The van der Waals surface area contributed by atoms with Gasteiger partial charge in [-0.1, -0.05) is 17.3 Å². The molecule has 2 aromatic rings. The summed E-state index contributed by atoms with van der Waals surface area (Å²) in [6.07, 6.45) is 2.28. The summed E-state index contributed by atoms with van der Waals surface area (Å²) in [6, 6.07) is 7.83. The Morgan fingerprint density at radius 1 is 1.43 bits per heavy atom. The fraction of sp³-hybridized carbons (Fsp3) is 0.100. The molecule has 0 atom stereocenters. The Bertz CT molecular complexity index is 462. The number of hydrogen-bond acceptors (Lipinski definition) is 3. The lowest BCUT2D eigenvalue weighted by atomic mass is 10.2. The van der Waals surface area contributed by atoms with E-state index in [-0.39, 0.29) is 0 Å². The molecule has 0 radical (unpaired) electrons. The molecule has 70 valence electrons. The van der Waals surface area contributed by atoms with Gasteiger partial charge < -0.3 is 0 Å². The second-order valence-corrected chi connectivity index (χ2v) is 3.04. The lowest BCUT2D eigenvalue weighted by molar-refractivity contribution is 0.111.